The first kappa shape index (κ1) is 20.6. The quantitative estimate of drug-likeness (QED) is 0.633. The first-order valence-electron chi connectivity index (χ1n) is 9.47. The van der Waals surface area contributed by atoms with Crippen LogP contribution in [0, 0.1) is 0 Å². The fraction of sp³-hybridized carbons (Fsp3) is 0.174. The van der Waals surface area contributed by atoms with Crippen molar-refractivity contribution >= 4 is 23.4 Å². The molecule has 0 saturated heterocycles. The average Bonchev–Trinajstić information content (AvgIpc) is 3.08. The molecule has 0 radical (unpaired) electrons. The van der Waals surface area contributed by atoms with Crippen LogP contribution >= 0.6 is 11.3 Å². The minimum Gasteiger partial charge on any atom is -0.504 e. The molecule has 2 heterocycles. The number of phenols is 1. The number of nitrogens with zero attached hydrogens (tertiary/aromatic N) is 2. The number of carbonyl (C=O) groups excluding carboxylic acids is 1. The van der Waals surface area contributed by atoms with Gasteiger partial charge in [-0.05, 0) is 36.3 Å². The maximum absolute atomic E-state index is 13.4. The fourth-order valence-corrected chi connectivity index (χ4v) is 4.63. The first-order chi connectivity index (χ1) is 14.9. The normalized spacial score (nSPS) is 16.0. The minimum atomic E-state index is -0.638. The molecule has 0 saturated carbocycles. The number of benzene rings is 2. The molecule has 0 spiro atoms. The van der Waals surface area contributed by atoms with Crippen LogP contribution in [-0.2, 0) is 9.53 Å². The van der Waals surface area contributed by atoms with Crippen molar-refractivity contribution < 1.29 is 19.4 Å². The van der Waals surface area contributed by atoms with Crippen molar-refractivity contribution in [1.82, 2.24) is 4.57 Å². The number of methoxy groups -OCH3 is 2. The molecule has 8 heteroatoms. The smallest absolute Gasteiger partial charge is 0.338 e. The molecule has 0 amide bonds. The molecule has 3 aromatic rings. The number of aromatic nitrogens is 1. The zero-order chi connectivity index (χ0) is 22.1. The van der Waals surface area contributed by atoms with Crippen molar-refractivity contribution in [1.29, 1.82) is 0 Å². The van der Waals surface area contributed by atoms with Gasteiger partial charge < -0.3 is 14.6 Å². The zero-order valence-electron chi connectivity index (χ0n) is 17.2. The number of fused-ring (bicyclic) bond motifs is 1. The summed E-state index contributed by atoms with van der Waals surface area (Å²) in [5, 5.41) is 9.82. The van der Waals surface area contributed by atoms with Gasteiger partial charge in [0.05, 0.1) is 36.1 Å². The third kappa shape index (κ3) is 3.66. The lowest BCUT2D eigenvalue weighted by Gasteiger charge is -2.24. The van der Waals surface area contributed by atoms with E-state index in [4.69, 9.17) is 9.47 Å². The number of carbonyl (C=O) groups is 1. The number of allylic oxidation sites excluding steroid dienone is 1. The SMILES string of the molecule is COC(=O)C1=C(C)N=c2sc(=Cc3ccc(O)c(OC)c3)c(=O)n2C1c1ccccc1. The highest BCUT2D eigenvalue weighted by molar-refractivity contribution is 7.07. The van der Waals surface area contributed by atoms with Gasteiger partial charge in [-0.25, -0.2) is 9.79 Å². The molecule has 1 atom stereocenters. The number of ether oxygens (including phenoxy) is 2. The number of thiazole rings is 1. The van der Waals surface area contributed by atoms with Crippen molar-refractivity contribution in [3.05, 3.63) is 90.6 Å². The van der Waals surface area contributed by atoms with Crippen LogP contribution in [0.5, 0.6) is 11.5 Å². The van der Waals surface area contributed by atoms with E-state index in [-0.39, 0.29) is 11.3 Å². The number of rotatable bonds is 4. The topological polar surface area (TPSA) is 90.1 Å². The van der Waals surface area contributed by atoms with Crippen molar-refractivity contribution in [2.24, 2.45) is 4.99 Å². The predicted octanol–water partition coefficient (Wildman–Crippen LogP) is 2.12. The highest BCUT2D eigenvalue weighted by atomic mass is 32.1. The minimum absolute atomic E-state index is 0.0172. The van der Waals surface area contributed by atoms with Crippen molar-refractivity contribution in [2.75, 3.05) is 14.2 Å². The van der Waals surface area contributed by atoms with Crippen LogP contribution in [0.25, 0.3) is 6.08 Å². The molecule has 7 nitrogen and oxygen atoms in total. The average molecular weight is 436 g/mol. The van der Waals surface area contributed by atoms with Gasteiger partial charge in [-0.15, -0.1) is 0 Å². The van der Waals surface area contributed by atoms with Crippen LogP contribution in [0.15, 0.2) is 69.6 Å². The van der Waals surface area contributed by atoms with Crippen LogP contribution in [0.2, 0.25) is 0 Å². The van der Waals surface area contributed by atoms with E-state index in [1.54, 1.807) is 25.1 Å². The van der Waals surface area contributed by atoms with Crippen LogP contribution in [0.4, 0.5) is 0 Å². The lowest BCUT2D eigenvalue weighted by Crippen LogP contribution is -2.39. The summed E-state index contributed by atoms with van der Waals surface area (Å²) in [5.74, 6) is -0.191. The number of hydrogen-bond donors (Lipinski definition) is 1. The van der Waals surface area contributed by atoms with E-state index in [1.807, 2.05) is 30.3 Å². The maximum Gasteiger partial charge on any atom is 0.338 e. The predicted molar refractivity (Wildman–Crippen MR) is 117 cm³/mol. The second-order valence-electron chi connectivity index (χ2n) is 6.92. The van der Waals surface area contributed by atoms with Crippen molar-refractivity contribution in [3.63, 3.8) is 0 Å². The molecular weight excluding hydrogens is 416 g/mol. The Bertz CT molecular complexity index is 1370. The molecule has 0 bridgehead atoms. The first-order valence-corrected chi connectivity index (χ1v) is 10.3. The van der Waals surface area contributed by atoms with E-state index in [1.165, 1.54) is 36.2 Å². The van der Waals surface area contributed by atoms with E-state index in [0.29, 0.717) is 31.9 Å². The van der Waals surface area contributed by atoms with Gasteiger partial charge in [0.1, 0.15) is 0 Å². The van der Waals surface area contributed by atoms with Gasteiger partial charge in [-0.1, -0.05) is 47.7 Å². The van der Waals surface area contributed by atoms with Gasteiger partial charge in [0.15, 0.2) is 16.3 Å². The van der Waals surface area contributed by atoms with Crippen LogP contribution < -0.4 is 19.6 Å². The van der Waals surface area contributed by atoms with E-state index in [9.17, 15) is 14.7 Å². The number of hydrogen-bond acceptors (Lipinski definition) is 7. The summed E-state index contributed by atoms with van der Waals surface area (Å²) in [6.07, 6.45) is 1.71. The summed E-state index contributed by atoms with van der Waals surface area (Å²) in [6, 6.07) is 13.5. The second kappa shape index (κ2) is 8.23. The molecule has 0 fully saturated rings. The standard InChI is InChI=1S/C23H20N2O5S/c1-13-19(22(28)30-3)20(15-7-5-4-6-8-15)25-21(27)18(31-23(25)24-13)12-14-9-10-16(26)17(11-14)29-2/h4-12,20,26H,1-3H3. The molecular formula is C23H20N2O5S. The highest BCUT2D eigenvalue weighted by Crippen LogP contribution is 2.30. The summed E-state index contributed by atoms with van der Waals surface area (Å²) in [4.78, 5) is 31.0. The molecule has 1 N–H and O–H groups in total. The Balaban J connectivity index is 1.95. The summed E-state index contributed by atoms with van der Waals surface area (Å²) in [5.41, 5.74) is 2.06. The van der Waals surface area contributed by atoms with E-state index in [0.717, 1.165) is 5.56 Å². The summed E-state index contributed by atoms with van der Waals surface area (Å²) in [7, 11) is 2.78. The molecule has 0 aliphatic carbocycles. The van der Waals surface area contributed by atoms with E-state index in [2.05, 4.69) is 4.99 Å². The Labute approximate surface area is 181 Å². The van der Waals surface area contributed by atoms with Crippen LogP contribution in [0.3, 0.4) is 0 Å². The molecule has 1 aliphatic heterocycles. The Morgan fingerprint density at radius 2 is 1.94 bits per heavy atom. The van der Waals surface area contributed by atoms with Gasteiger partial charge in [0, 0.05) is 0 Å². The Morgan fingerprint density at radius 1 is 1.19 bits per heavy atom. The van der Waals surface area contributed by atoms with Gasteiger partial charge >= 0.3 is 5.97 Å². The van der Waals surface area contributed by atoms with Gasteiger partial charge in [-0.3, -0.25) is 9.36 Å². The van der Waals surface area contributed by atoms with Crippen LogP contribution in [-0.4, -0.2) is 29.9 Å². The van der Waals surface area contributed by atoms with Crippen molar-refractivity contribution in [2.45, 2.75) is 13.0 Å². The Hall–Kier alpha value is -3.65. The molecule has 1 aromatic heterocycles. The fourth-order valence-electron chi connectivity index (χ4n) is 3.58. The Morgan fingerprint density at radius 3 is 2.61 bits per heavy atom. The number of aromatic hydroxyl groups is 1. The third-order valence-electron chi connectivity index (χ3n) is 5.04. The Kier molecular flexibility index (Phi) is 5.48. The van der Waals surface area contributed by atoms with Gasteiger partial charge in [0.25, 0.3) is 5.56 Å². The highest BCUT2D eigenvalue weighted by Gasteiger charge is 2.32. The summed E-state index contributed by atoms with van der Waals surface area (Å²) in [6.45, 7) is 1.74. The second-order valence-corrected chi connectivity index (χ2v) is 7.92. The maximum atomic E-state index is 13.4. The monoisotopic (exact) mass is 436 g/mol. The van der Waals surface area contributed by atoms with E-state index < -0.39 is 12.0 Å². The zero-order valence-corrected chi connectivity index (χ0v) is 18.0. The molecule has 158 valence electrons. The molecule has 1 aliphatic rings. The third-order valence-corrected chi connectivity index (χ3v) is 6.03. The molecule has 4 rings (SSSR count). The van der Waals surface area contributed by atoms with Crippen molar-refractivity contribution in [3.8, 4) is 11.5 Å². The molecule has 1 unspecified atom stereocenters. The lowest BCUT2D eigenvalue weighted by atomic mass is 9.96. The number of esters is 1. The molecule has 31 heavy (non-hydrogen) atoms. The lowest BCUT2D eigenvalue weighted by molar-refractivity contribution is -0.136. The van der Waals surface area contributed by atoms with Gasteiger partial charge in [-0.2, -0.15) is 0 Å². The summed E-state index contributed by atoms with van der Waals surface area (Å²) < 4.78 is 12.1. The van der Waals surface area contributed by atoms with Gasteiger partial charge in [0.2, 0.25) is 0 Å². The van der Waals surface area contributed by atoms with E-state index >= 15 is 0 Å². The summed E-state index contributed by atoms with van der Waals surface area (Å²) >= 11 is 1.24. The number of phenolic OH excluding ortho intramolecular Hbond substituents is 1. The largest absolute Gasteiger partial charge is 0.504 e. The molecule has 2 aromatic carbocycles. The van der Waals surface area contributed by atoms with Crippen LogP contribution in [0.1, 0.15) is 24.1 Å².